The Balaban J connectivity index is 2.57. The summed E-state index contributed by atoms with van der Waals surface area (Å²) in [6.07, 6.45) is 1.26. The molecule has 0 saturated carbocycles. The van der Waals surface area contributed by atoms with Crippen LogP contribution in [0.1, 0.15) is 23.3 Å². The Kier molecular flexibility index (Phi) is 4.04. The monoisotopic (exact) mass is 226 g/mol. The number of carbonyl (C=O) groups excluding carboxylic acids is 2. The van der Waals surface area contributed by atoms with E-state index in [1.165, 1.54) is 18.2 Å². The maximum absolute atomic E-state index is 11.7. The van der Waals surface area contributed by atoms with E-state index in [-0.39, 0.29) is 18.1 Å². The van der Waals surface area contributed by atoms with Gasteiger partial charge in [0.2, 0.25) is 0 Å². The Morgan fingerprint density at radius 3 is 2.75 bits per heavy atom. The van der Waals surface area contributed by atoms with Crippen molar-refractivity contribution in [2.75, 3.05) is 20.2 Å². The molecule has 0 N–H and O–H groups in total. The number of esters is 1. The quantitative estimate of drug-likeness (QED) is 0.703. The number of carbonyl (C=O) groups is 2. The van der Waals surface area contributed by atoms with Crippen LogP contribution in [0.3, 0.4) is 0 Å². The molecular weight excluding hydrogens is 212 g/mol. The Hall–Kier alpha value is -1.85. The largest absolute Gasteiger partial charge is 0.465 e. The molecule has 16 heavy (non-hydrogen) atoms. The number of ether oxygens (including phenoxy) is 1. The zero-order chi connectivity index (χ0) is 12.1. The topological polar surface area (TPSA) is 72.6 Å². The standard InChI is InChI=1S/C10H14N2O4/c1-4-15-9(13)5-12(3)10(14)8-6-16-7(2)11-8/h6H,4-5H2,1-3H3. The summed E-state index contributed by atoms with van der Waals surface area (Å²) in [7, 11) is 1.50. The summed E-state index contributed by atoms with van der Waals surface area (Å²) >= 11 is 0. The first-order valence-electron chi connectivity index (χ1n) is 4.87. The van der Waals surface area contributed by atoms with Crippen LogP contribution in [0, 0.1) is 6.92 Å². The number of amides is 1. The van der Waals surface area contributed by atoms with Crippen LogP contribution in [0.4, 0.5) is 0 Å². The maximum Gasteiger partial charge on any atom is 0.325 e. The van der Waals surface area contributed by atoms with Crippen molar-refractivity contribution in [3.8, 4) is 0 Å². The van der Waals surface area contributed by atoms with Crippen molar-refractivity contribution >= 4 is 11.9 Å². The van der Waals surface area contributed by atoms with Gasteiger partial charge in [-0.15, -0.1) is 0 Å². The molecule has 0 unspecified atom stereocenters. The minimum Gasteiger partial charge on any atom is -0.465 e. The van der Waals surface area contributed by atoms with E-state index >= 15 is 0 Å². The molecule has 6 heteroatoms. The Morgan fingerprint density at radius 2 is 2.25 bits per heavy atom. The van der Waals surface area contributed by atoms with Crippen LogP contribution in [0.5, 0.6) is 0 Å². The highest BCUT2D eigenvalue weighted by molar-refractivity contribution is 5.93. The molecule has 6 nitrogen and oxygen atoms in total. The second kappa shape index (κ2) is 5.29. The summed E-state index contributed by atoms with van der Waals surface area (Å²) < 4.78 is 9.64. The van der Waals surface area contributed by atoms with Crippen molar-refractivity contribution in [1.29, 1.82) is 0 Å². The number of rotatable bonds is 4. The van der Waals surface area contributed by atoms with Gasteiger partial charge in [0, 0.05) is 14.0 Å². The first kappa shape index (κ1) is 12.2. The molecule has 1 aromatic heterocycles. The smallest absolute Gasteiger partial charge is 0.325 e. The molecule has 0 fully saturated rings. The van der Waals surface area contributed by atoms with Gasteiger partial charge in [-0.25, -0.2) is 4.98 Å². The lowest BCUT2D eigenvalue weighted by Gasteiger charge is -2.13. The molecule has 0 aliphatic heterocycles. The van der Waals surface area contributed by atoms with Crippen molar-refractivity contribution in [1.82, 2.24) is 9.88 Å². The highest BCUT2D eigenvalue weighted by Gasteiger charge is 2.18. The molecule has 0 spiro atoms. The molecule has 1 heterocycles. The molecular formula is C10H14N2O4. The molecule has 0 saturated heterocycles. The van der Waals surface area contributed by atoms with E-state index in [9.17, 15) is 9.59 Å². The fraction of sp³-hybridized carbons (Fsp3) is 0.500. The lowest BCUT2D eigenvalue weighted by atomic mass is 10.4. The first-order chi connectivity index (χ1) is 7.54. The first-order valence-corrected chi connectivity index (χ1v) is 4.87. The van der Waals surface area contributed by atoms with Crippen LogP contribution in [0.25, 0.3) is 0 Å². The molecule has 0 aromatic carbocycles. The van der Waals surface area contributed by atoms with E-state index in [1.807, 2.05) is 0 Å². The van der Waals surface area contributed by atoms with Gasteiger partial charge in [-0.2, -0.15) is 0 Å². The summed E-state index contributed by atoms with van der Waals surface area (Å²) in [6.45, 7) is 3.55. The summed E-state index contributed by atoms with van der Waals surface area (Å²) in [6, 6.07) is 0. The van der Waals surface area contributed by atoms with Gasteiger partial charge in [-0.1, -0.05) is 0 Å². The van der Waals surface area contributed by atoms with Gasteiger partial charge in [-0.3, -0.25) is 9.59 Å². The molecule has 0 aliphatic rings. The Bertz CT molecular complexity index is 386. The predicted octanol–water partition coefficient (Wildman–Crippen LogP) is 0.618. The third-order valence-electron chi connectivity index (χ3n) is 1.86. The van der Waals surface area contributed by atoms with E-state index in [4.69, 9.17) is 9.15 Å². The van der Waals surface area contributed by atoms with Crippen LogP contribution in [-0.2, 0) is 9.53 Å². The number of hydrogen-bond acceptors (Lipinski definition) is 5. The van der Waals surface area contributed by atoms with Gasteiger partial charge in [0.25, 0.3) is 5.91 Å². The van der Waals surface area contributed by atoms with Gasteiger partial charge in [0.05, 0.1) is 6.61 Å². The van der Waals surface area contributed by atoms with Crippen molar-refractivity contribution in [3.05, 3.63) is 17.8 Å². The van der Waals surface area contributed by atoms with Crippen LogP contribution in [0.2, 0.25) is 0 Å². The zero-order valence-electron chi connectivity index (χ0n) is 9.52. The SMILES string of the molecule is CCOC(=O)CN(C)C(=O)c1coc(C)n1. The fourth-order valence-corrected chi connectivity index (χ4v) is 1.13. The van der Waals surface area contributed by atoms with Crippen molar-refractivity contribution in [3.63, 3.8) is 0 Å². The normalized spacial score (nSPS) is 9.94. The average Bonchev–Trinajstić information content (AvgIpc) is 2.64. The molecule has 1 amide bonds. The molecule has 88 valence electrons. The maximum atomic E-state index is 11.7. The highest BCUT2D eigenvalue weighted by atomic mass is 16.5. The van der Waals surface area contributed by atoms with Gasteiger partial charge >= 0.3 is 5.97 Å². The number of nitrogens with zero attached hydrogens (tertiary/aromatic N) is 2. The minimum atomic E-state index is -0.446. The summed E-state index contributed by atoms with van der Waals surface area (Å²) in [5.41, 5.74) is 0.185. The van der Waals surface area contributed by atoms with E-state index in [2.05, 4.69) is 4.98 Å². The average molecular weight is 226 g/mol. The molecule has 1 rings (SSSR count). The number of oxazole rings is 1. The second-order valence-electron chi connectivity index (χ2n) is 3.22. The Labute approximate surface area is 93.2 Å². The lowest BCUT2D eigenvalue weighted by molar-refractivity contribution is -0.143. The zero-order valence-corrected chi connectivity index (χ0v) is 9.52. The van der Waals surface area contributed by atoms with Crippen molar-refractivity contribution in [2.24, 2.45) is 0 Å². The minimum absolute atomic E-state index is 0.0986. The van der Waals surface area contributed by atoms with Crippen LogP contribution in [0.15, 0.2) is 10.7 Å². The number of aromatic nitrogens is 1. The number of aryl methyl sites for hydroxylation is 1. The number of likely N-dealkylation sites (N-methyl/N-ethyl adjacent to an activating group) is 1. The van der Waals surface area contributed by atoms with Crippen LogP contribution < -0.4 is 0 Å². The van der Waals surface area contributed by atoms with E-state index in [0.29, 0.717) is 12.5 Å². The predicted molar refractivity (Wildman–Crippen MR) is 54.8 cm³/mol. The third kappa shape index (κ3) is 3.08. The van der Waals surface area contributed by atoms with Crippen LogP contribution >= 0.6 is 0 Å². The third-order valence-corrected chi connectivity index (χ3v) is 1.86. The van der Waals surface area contributed by atoms with E-state index in [0.717, 1.165) is 0 Å². The summed E-state index contributed by atoms with van der Waals surface area (Å²) in [4.78, 5) is 27.9. The van der Waals surface area contributed by atoms with Gasteiger partial charge in [-0.05, 0) is 6.92 Å². The van der Waals surface area contributed by atoms with Gasteiger partial charge in [0.1, 0.15) is 12.8 Å². The Morgan fingerprint density at radius 1 is 1.56 bits per heavy atom. The fourth-order valence-electron chi connectivity index (χ4n) is 1.13. The molecule has 0 bridgehead atoms. The molecule has 0 radical (unpaired) electrons. The van der Waals surface area contributed by atoms with Gasteiger partial charge in [0.15, 0.2) is 11.6 Å². The molecule has 1 aromatic rings. The van der Waals surface area contributed by atoms with E-state index in [1.54, 1.807) is 13.8 Å². The molecule has 0 atom stereocenters. The summed E-state index contributed by atoms with van der Waals surface area (Å²) in [5, 5.41) is 0. The molecule has 0 aliphatic carbocycles. The van der Waals surface area contributed by atoms with E-state index < -0.39 is 5.97 Å². The number of hydrogen-bond donors (Lipinski definition) is 0. The van der Waals surface area contributed by atoms with Gasteiger partial charge < -0.3 is 14.1 Å². The highest BCUT2D eigenvalue weighted by Crippen LogP contribution is 2.03. The second-order valence-corrected chi connectivity index (χ2v) is 3.22. The van der Waals surface area contributed by atoms with Crippen molar-refractivity contribution in [2.45, 2.75) is 13.8 Å². The lowest BCUT2D eigenvalue weighted by Crippen LogP contribution is -2.33. The van der Waals surface area contributed by atoms with Crippen molar-refractivity contribution < 1.29 is 18.7 Å². The summed E-state index contributed by atoms with van der Waals surface area (Å²) in [5.74, 6) is -0.406. The van der Waals surface area contributed by atoms with Crippen LogP contribution in [-0.4, -0.2) is 42.0 Å².